The number of rotatable bonds is 3. The van der Waals surface area contributed by atoms with Crippen LogP contribution in [0, 0.1) is 0 Å². The van der Waals surface area contributed by atoms with E-state index in [9.17, 15) is 9.90 Å². The molecule has 80 valence electrons. The summed E-state index contributed by atoms with van der Waals surface area (Å²) >= 11 is 0. The summed E-state index contributed by atoms with van der Waals surface area (Å²) in [7, 11) is 0. The van der Waals surface area contributed by atoms with E-state index in [4.69, 9.17) is 5.73 Å². The molecule has 0 spiro atoms. The number of nitrogens with one attached hydrogen (secondary N) is 1. The molecule has 0 radical (unpaired) electrons. The number of aromatic hydroxyl groups is 1. The van der Waals surface area contributed by atoms with Crippen LogP contribution in [0.4, 0.5) is 5.69 Å². The van der Waals surface area contributed by atoms with Gasteiger partial charge < -0.3 is 16.2 Å². The molecule has 0 aliphatic carbocycles. The molecule has 1 rings (SSSR count). The Bertz CT molecular complexity index is 386. The zero-order chi connectivity index (χ0) is 11.3. The second-order valence-electron chi connectivity index (χ2n) is 3.05. The fourth-order valence-electron chi connectivity index (χ4n) is 1.11. The second kappa shape index (κ2) is 5.05. The second-order valence-corrected chi connectivity index (χ2v) is 3.05. The molecule has 1 amide bonds. The molecule has 0 atom stereocenters. The van der Waals surface area contributed by atoms with E-state index in [1.54, 1.807) is 12.1 Å². The molecule has 0 aliphatic heterocycles. The van der Waals surface area contributed by atoms with Gasteiger partial charge in [-0.05, 0) is 31.2 Å². The van der Waals surface area contributed by atoms with Gasteiger partial charge >= 0.3 is 0 Å². The number of hydrogen-bond acceptors (Lipinski definition) is 3. The monoisotopic (exact) mass is 206 g/mol. The molecule has 0 unspecified atom stereocenters. The molecule has 0 fully saturated rings. The molecule has 0 saturated carbocycles. The highest BCUT2D eigenvalue weighted by molar-refractivity contribution is 5.92. The average molecular weight is 206 g/mol. The van der Waals surface area contributed by atoms with Gasteiger partial charge in [-0.25, -0.2) is 0 Å². The number of phenols is 1. The highest BCUT2D eigenvalue weighted by Gasteiger charge is 1.98. The number of hydrogen-bond donors (Lipinski definition) is 3. The molecule has 1 aromatic carbocycles. The molecule has 4 nitrogen and oxygen atoms in total. The minimum absolute atomic E-state index is 0.102. The van der Waals surface area contributed by atoms with Crippen molar-refractivity contribution >= 4 is 17.7 Å². The van der Waals surface area contributed by atoms with Crippen LogP contribution >= 0.6 is 0 Å². The first-order valence-corrected chi connectivity index (χ1v) is 4.68. The predicted octanol–water partition coefficient (Wildman–Crippen LogP) is 1.12. The van der Waals surface area contributed by atoms with Gasteiger partial charge in [0.1, 0.15) is 5.75 Å². The van der Waals surface area contributed by atoms with E-state index in [1.165, 1.54) is 18.2 Å². The third kappa shape index (κ3) is 3.34. The van der Waals surface area contributed by atoms with Crippen molar-refractivity contribution in [3.05, 3.63) is 29.8 Å². The third-order valence-corrected chi connectivity index (χ3v) is 1.82. The number of nitrogen functional groups attached to an aromatic ring is 1. The molecule has 0 bridgehead atoms. The van der Waals surface area contributed by atoms with Crippen molar-refractivity contribution < 1.29 is 9.90 Å². The van der Waals surface area contributed by atoms with Gasteiger partial charge in [0.05, 0.1) is 0 Å². The Kier molecular flexibility index (Phi) is 3.74. The molecule has 0 saturated heterocycles. The summed E-state index contributed by atoms with van der Waals surface area (Å²) in [6.45, 7) is 2.41. The molecule has 4 N–H and O–H groups in total. The Morgan fingerprint density at radius 1 is 1.60 bits per heavy atom. The summed E-state index contributed by atoms with van der Waals surface area (Å²) in [5, 5.41) is 12.1. The Balaban J connectivity index is 2.79. The largest absolute Gasteiger partial charge is 0.507 e. The fourth-order valence-corrected chi connectivity index (χ4v) is 1.11. The first kappa shape index (κ1) is 11.1. The Morgan fingerprint density at radius 3 is 3.00 bits per heavy atom. The summed E-state index contributed by atoms with van der Waals surface area (Å²) in [4.78, 5) is 11.1. The minimum atomic E-state index is -0.195. The Hall–Kier alpha value is -1.97. The van der Waals surface area contributed by atoms with E-state index in [1.807, 2.05) is 6.92 Å². The summed E-state index contributed by atoms with van der Waals surface area (Å²) in [6.07, 6.45) is 2.88. The van der Waals surface area contributed by atoms with Crippen LogP contribution in [0.2, 0.25) is 0 Å². The van der Waals surface area contributed by atoms with Crippen LogP contribution < -0.4 is 11.1 Å². The van der Waals surface area contributed by atoms with Crippen LogP contribution in [-0.4, -0.2) is 17.6 Å². The minimum Gasteiger partial charge on any atom is -0.507 e. The third-order valence-electron chi connectivity index (χ3n) is 1.82. The van der Waals surface area contributed by atoms with Crippen LogP contribution in [0.15, 0.2) is 24.3 Å². The zero-order valence-corrected chi connectivity index (χ0v) is 8.53. The van der Waals surface area contributed by atoms with E-state index in [2.05, 4.69) is 5.32 Å². The SMILES string of the molecule is CCNC(=O)C=Cc1cc(N)ccc1O. The van der Waals surface area contributed by atoms with Crippen molar-refractivity contribution in [3.8, 4) is 5.75 Å². The first-order chi connectivity index (χ1) is 7.13. The van der Waals surface area contributed by atoms with Gasteiger partial charge in [0.15, 0.2) is 0 Å². The number of likely N-dealkylation sites (N-methyl/N-ethyl adjacent to an activating group) is 1. The van der Waals surface area contributed by atoms with Crippen LogP contribution in [0.3, 0.4) is 0 Å². The van der Waals surface area contributed by atoms with Gasteiger partial charge in [-0.15, -0.1) is 0 Å². The standard InChI is InChI=1S/C11H14N2O2/c1-2-13-11(15)6-3-8-7-9(12)4-5-10(8)14/h3-7,14H,2,12H2,1H3,(H,13,15). The van der Waals surface area contributed by atoms with E-state index >= 15 is 0 Å². The number of anilines is 1. The van der Waals surface area contributed by atoms with E-state index in [0.717, 1.165) is 0 Å². The lowest BCUT2D eigenvalue weighted by Gasteiger charge is -2.00. The molecule has 1 aromatic rings. The van der Waals surface area contributed by atoms with Gasteiger partial charge in [0.25, 0.3) is 0 Å². The normalized spacial score (nSPS) is 10.5. The molecule has 15 heavy (non-hydrogen) atoms. The molecular weight excluding hydrogens is 192 g/mol. The van der Waals surface area contributed by atoms with Crippen molar-refractivity contribution in [1.82, 2.24) is 5.32 Å². The Morgan fingerprint density at radius 2 is 2.33 bits per heavy atom. The van der Waals surface area contributed by atoms with Gasteiger partial charge in [-0.1, -0.05) is 0 Å². The quantitative estimate of drug-likeness (QED) is 0.394. The van der Waals surface area contributed by atoms with E-state index in [0.29, 0.717) is 17.8 Å². The van der Waals surface area contributed by atoms with Crippen LogP contribution in [0.1, 0.15) is 12.5 Å². The topological polar surface area (TPSA) is 75.4 Å². The maximum Gasteiger partial charge on any atom is 0.243 e. The van der Waals surface area contributed by atoms with Crippen LogP contribution in [0.25, 0.3) is 6.08 Å². The summed E-state index contributed by atoms with van der Waals surface area (Å²) in [5.41, 5.74) is 6.62. The molecule has 0 heterocycles. The lowest BCUT2D eigenvalue weighted by Crippen LogP contribution is -2.19. The Labute approximate surface area is 88.4 Å². The highest BCUT2D eigenvalue weighted by Crippen LogP contribution is 2.20. The molecule has 0 aliphatic rings. The van der Waals surface area contributed by atoms with Gasteiger partial charge in [0, 0.05) is 23.9 Å². The van der Waals surface area contributed by atoms with Crippen LogP contribution in [-0.2, 0) is 4.79 Å². The molecular formula is C11H14N2O2. The van der Waals surface area contributed by atoms with Crippen molar-refractivity contribution in [3.63, 3.8) is 0 Å². The van der Waals surface area contributed by atoms with Crippen molar-refractivity contribution in [1.29, 1.82) is 0 Å². The summed E-state index contributed by atoms with van der Waals surface area (Å²) in [5.74, 6) is -0.0935. The molecule has 0 aromatic heterocycles. The van der Waals surface area contributed by atoms with Gasteiger partial charge in [0.2, 0.25) is 5.91 Å². The number of carbonyl (C=O) groups is 1. The number of nitrogens with two attached hydrogens (primary N) is 1. The lowest BCUT2D eigenvalue weighted by atomic mass is 10.1. The highest BCUT2D eigenvalue weighted by atomic mass is 16.3. The maximum absolute atomic E-state index is 11.1. The van der Waals surface area contributed by atoms with Gasteiger partial charge in [-0.2, -0.15) is 0 Å². The first-order valence-electron chi connectivity index (χ1n) is 4.68. The lowest BCUT2D eigenvalue weighted by molar-refractivity contribution is -0.116. The van der Waals surface area contributed by atoms with Crippen LogP contribution in [0.5, 0.6) is 5.75 Å². The number of benzene rings is 1. The molecule has 4 heteroatoms. The maximum atomic E-state index is 11.1. The number of phenolic OH excluding ortho intramolecular Hbond substituents is 1. The van der Waals surface area contributed by atoms with Gasteiger partial charge in [-0.3, -0.25) is 4.79 Å². The fraction of sp³-hybridized carbons (Fsp3) is 0.182. The van der Waals surface area contributed by atoms with E-state index in [-0.39, 0.29) is 11.7 Å². The zero-order valence-electron chi connectivity index (χ0n) is 8.53. The number of amides is 1. The summed E-state index contributed by atoms with van der Waals surface area (Å²) in [6, 6.07) is 4.69. The van der Waals surface area contributed by atoms with Crippen molar-refractivity contribution in [2.45, 2.75) is 6.92 Å². The van der Waals surface area contributed by atoms with E-state index < -0.39 is 0 Å². The van der Waals surface area contributed by atoms with Crippen molar-refractivity contribution in [2.24, 2.45) is 0 Å². The summed E-state index contributed by atoms with van der Waals surface area (Å²) < 4.78 is 0. The number of carbonyl (C=O) groups excluding carboxylic acids is 1. The van der Waals surface area contributed by atoms with Crippen molar-refractivity contribution in [2.75, 3.05) is 12.3 Å². The predicted molar refractivity (Wildman–Crippen MR) is 60.2 cm³/mol. The average Bonchev–Trinajstić information content (AvgIpc) is 2.20. The smallest absolute Gasteiger partial charge is 0.243 e.